The fourth-order valence-corrected chi connectivity index (χ4v) is 2.08. The van der Waals surface area contributed by atoms with Gasteiger partial charge in [0.2, 0.25) is 5.91 Å². The van der Waals surface area contributed by atoms with Crippen molar-refractivity contribution in [2.75, 3.05) is 5.32 Å². The topological polar surface area (TPSA) is 73.2 Å². The molecule has 2 aromatic carbocycles. The normalized spacial score (nSPS) is 9.88. The van der Waals surface area contributed by atoms with Gasteiger partial charge in [-0.05, 0) is 30.3 Å². The molecule has 7 heteroatoms. The lowest BCUT2D eigenvalue weighted by Crippen LogP contribution is -2.39. The fraction of sp³-hybridized carbons (Fsp3) is 0.118. The van der Waals surface area contributed by atoms with E-state index in [0.29, 0.717) is 10.7 Å². The molecule has 0 saturated carbocycles. The zero-order valence-electron chi connectivity index (χ0n) is 12.5. The highest BCUT2D eigenvalue weighted by molar-refractivity contribution is 6.30. The van der Waals surface area contributed by atoms with Gasteiger partial charge in [0.25, 0.3) is 0 Å². The smallest absolute Gasteiger partial charge is 0.307 e. The average Bonchev–Trinajstić information content (AvgIpc) is 2.56. The van der Waals surface area contributed by atoms with Crippen LogP contribution in [0.25, 0.3) is 0 Å². The summed E-state index contributed by atoms with van der Waals surface area (Å²) in [6.45, 7) is -0.271. The van der Waals surface area contributed by atoms with Gasteiger partial charge in [-0.25, -0.2) is 9.18 Å². The van der Waals surface area contributed by atoms with E-state index in [-0.39, 0.29) is 12.1 Å². The number of rotatable bonds is 4. The van der Waals surface area contributed by atoms with Crippen LogP contribution in [0, 0.1) is 17.1 Å². The SMILES string of the molecule is N#CCC(=O)N(Cc1ccccc1F)C(=O)Nc1ccc(Cl)cc1. The first-order valence-electron chi connectivity index (χ1n) is 6.98. The fourth-order valence-electron chi connectivity index (χ4n) is 1.96. The molecule has 0 heterocycles. The molecule has 0 bridgehead atoms. The largest absolute Gasteiger partial charge is 0.328 e. The number of urea groups is 1. The van der Waals surface area contributed by atoms with Gasteiger partial charge in [-0.1, -0.05) is 29.8 Å². The first kappa shape index (κ1) is 17.4. The van der Waals surface area contributed by atoms with Gasteiger partial charge < -0.3 is 5.32 Å². The number of nitrogens with zero attached hydrogens (tertiary/aromatic N) is 2. The Morgan fingerprint density at radius 3 is 2.46 bits per heavy atom. The van der Waals surface area contributed by atoms with Crippen LogP contribution in [-0.4, -0.2) is 16.8 Å². The maximum absolute atomic E-state index is 13.8. The molecule has 122 valence electrons. The van der Waals surface area contributed by atoms with Crippen molar-refractivity contribution >= 4 is 29.2 Å². The van der Waals surface area contributed by atoms with Gasteiger partial charge in [-0.3, -0.25) is 9.69 Å². The summed E-state index contributed by atoms with van der Waals surface area (Å²) >= 11 is 5.77. The molecule has 2 rings (SSSR count). The first-order valence-corrected chi connectivity index (χ1v) is 7.36. The van der Waals surface area contributed by atoms with Gasteiger partial charge in [0.05, 0.1) is 12.6 Å². The molecule has 5 nitrogen and oxygen atoms in total. The Hall–Kier alpha value is -2.91. The van der Waals surface area contributed by atoms with E-state index >= 15 is 0 Å². The van der Waals surface area contributed by atoms with E-state index in [1.165, 1.54) is 18.2 Å². The summed E-state index contributed by atoms with van der Waals surface area (Å²) in [6, 6.07) is 13.0. The lowest BCUT2D eigenvalue weighted by atomic mass is 10.2. The van der Waals surface area contributed by atoms with Crippen molar-refractivity contribution in [2.24, 2.45) is 0 Å². The van der Waals surface area contributed by atoms with Gasteiger partial charge in [-0.15, -0.1) is 0 Å². The molecule has 0 unspecified atom stereocenters. The van der Waals surface area contributed by atoms with Gasteiger partial charge in [0.15, 0.2) is 0 Å². The minimum Gasteiger partial charge on any atom is -0.307 e. The molecule has 0 aliphatic rings. The number of hydrogen-bond acceptors (Lipinski definition) is 3. The molecule has 0 saturated heterocycles. The van der Waals surface area contributed by atoms with Crippen molar-refractivity contribution in [1.29, 1.82) is 5.26 Å². The maximum Gasteiger partial charge on any atom is 0.328 e. The molecule has 2 aromatic rings. The standard InChI is InChI=1S/C17H13ClFN3O2/c18-13-5-7-14(8-6-13)21-17(24)22(16(23)9-10-20)11-12-3-1-2-4-15(12)19/h1-8H,9,11H2,(H,21,24). The summed E-state index contributed by atoms with van der Waals surface area (Å²) < 4.78 is 13.8. The van der Waals surface area contributed by atoms with Crippen molar-refractivity contribution in [1.82, 2.24) is 4.90 Å². The van der Waals surface area contributed by atoms with E-state index in [9.17, 15) is 14.0 Å². The highest BCUT2D eigenvalue weighted by Gasteiger charge is 2.22. The molecule has 24 heavy (non-hydrogen) atoms. The zero-order chi connectivity index (χ0) is 17.5. The predicted octanol–water partition coefficient (Wildman–Crippen LogP) is 3.95. The van der Waals surface area contributed by atoms with E-state index in [0.717, 1.165) is 4.90 Å². The van der Waals surface area contributed by atoms with Crippen LogP contribution in [-0.2, 0) is 11.3 Å². The third-order valence-electron chi connectivity index (χ3n) is 3.16. The average molecular weight is 346 g/mol. The Balaban J connectivity index is 2.20. The summed E-state index contributed by atoms with van der Waals surface area (Å²) in [5.74, 6) is -1.25. The number of nitriles is 1. The number of hydrogen-bond donors (Lipinski definition) is 1. The minimum atomic E-state index is -0.749. The van der Waals surface area contributed by atoms with Crippen LogP contribution in [0.1, 0.15) is 12.0 Å². The molecule has 0 radical (unpaired) electrons. The molecule has 0 spiro atoms. The third-order valence-corrected chi connectivity index (χ3v) is 3.41. The molecule has 0 fully saturated rings. The van der Waals surface area contributed by atoms with Crippen LogP contribution in [0.2, 0.25) is 5.02 Å². The van der Waals surface area contributed by atoms with Crippen LogP contribution in [0.4, 0.5) is 14.9 Å². The Bertz CT molecular complexity index is 787. The number of carbonyl (C=O) groups is 2. The Morgan fingerprint density at radius 1 is 1.17 bits per heavy atom. The Morgan fingerprint density at radius 2 is 1.83 bits per heavy atom. The van der Waals surface area contributed by atoms with E-state index in [2.05, 4.69) is 5.32 Å². The molecule has 0 aliphatic carbocycles. The highest BCUT2D eigenvalue weighted by Crippen LogP contribution is 2.16. The lowest BCUT2D eigenvalue weighted by Gasteiger charge is -2.21. The van der Waals surface area contributed by atoms with Gasteiger partial charge in [-0.2, -0.15) is 5.26 Å². The van der Waals surface area contributed by atoms with Crippen molar-refractivity contribution in [2.45, 2.75) is 13.0 Å². The highest BCUT2D eigenvalue weighted by atomic mass is 35.5. The summed E-state index contributed by atoms with van der Waals surface area (Å²) in [7, 11) is 0. The van der Waals surface area contributed by atoms with E-state index < -0.39 is 24.2 Å². The summed E-state index contributed by atoms with van der Waals surface area (Å²) in [5.41, 5.74) is 0.600. The second-order valence-corrected chi connectivity index (χ2v) is 5.28. The molecule has 3 amide bonds. The predicted molar refractivity (Wildman–Crippen MR) is 87.7 cm³/mol. The molecular formula is C17H13ClFN3O2. The molecule has 0 aromatic heterocycles. The van der Waals surface area contributed by atoms with Crippen molar-refractivity contribution < 1.29 is 14.0 Å². The zero-order valence-corrected chi connectivity index (χ0v) is 13.3. The van der Waals surface area contributed by atoms with E-state index in [1.807, 2.05) is 0 Å². The molecule has 0 atom stereocenters. The number of carbonyl (C=O) groups excluding carboxylic acids is 2. The lowest BCUT2D eigenvalue weighted by molar-refractivity contribution is -0.127. The minimum absolute atomic E-state index is 0.176. The molecular weight excluding hydrogens is 333 g/mol. The van der Waals surface area contributed by atoms with Gasteiger partial charge in [0.1, 0.15) is 12.2 Å². The first-order chi connectivity index (χ1) is 11.5. The second-order valence-electron chi connectivity index (χ2n) is 4.84. The van der Waals surface area contributed by atoms with E-state index in [1.54, 1.807) is 36.4 Å². The number of imide groups is 1. The summed E-state index contributed by atoms with van der Waals surface area (Å²) in [6.07, 6.45) is -0.484. The van der Waals surface area contributed by atoms with Crippen LogP contribution in [0.5, 0.6) is 0 Å². The number of anilines is 1. The molecule has 1 N–H and O–H groups in total. The number of halogens is 2. The van der Waals surface area contributed by atoms with Crippen LogP contribution >= 0.6 is 11.6 Å². The monoisotopic (exact) mass is 345 g/mol. The summed E-state index contributed by atoms with van der Waals surface area (Å²) in [5, 5.41) is 11.7. The second kappa shape index (κ2) is 8.09. The number of nitrogens with one attached hydrogen (secondary N) is 1. The van der Waals surface area contributed by atoms with Gasteiger partial charge >= 0.3 is 6.03 Å². The number of amides is 3. The van der Waals surface area contributed by atoms with Gasteiger partial charge in [0, 0.05) is 16.3 Å². The molecule has 0 aliphatic heterocycles. The quantitative estimate of drug-likeness (QED) is 0.911. The van der Waals surface area contributed by atoms with Crippen LogP contribution < -0.4 is 5.32 Å². The van der Waals surface area contributed by atoms with E-state index in [4.69, 9.17) is 16.9 Å². The Labute approximate surface area is 143 Å². The van der Waals surface area contributed by atoms with Crippen molar-refractivity contribution in [3.05, 3.63) is 64.9 Å². The maximum atomic E-state index is 13.8. The number of benzene rings is 2. The van der Waals surface area contributed by atoms with Crippen LogP contribution in [0.3, 0.4) is 0 Å². The van der Waals surface area contributed by atoms with Crippen LogP contribution in [0.15, 0.2) is 48.5 Å². The van der Waals surface area contributed by atoms with Crippen molar-refractivity contribution in [3.8, 4) is 6.07 Å². The summed E-state index contributed by atoms with van der Waals surface area (Å²) in [4.78, 5) is 25.2. The van der Waals surface area contributed by atoms with Crippen molar-refractivity contribution in [3.63, 3.8) is 0 Å². The third kappa shape index (κ3) is 4.54. The Kier molecular flexibility index (Phi) is 5.88.